The van der Waals surface area contributed by atoms with E-state index in [1.54, 1.807) is 23.1 Å². The van der Waals surface area contributed by atoms with Gasteiger partial charge in [0.25, 0.3) is 0 Å². The summed E-state index contributed by atoms with van der Waals surface area (Å²) >= 11 is 4.90. The largest absolute Gasteiger partial charge is 0.393 e. The minimum Gasteiger partial charge on any atom is -0.393 e. The summed E-state index contributed by atoms with van der Waals surface area (Å²) in [4.78, 5) is 14.2. The Bertz CT molecular complexity index is 465. The van der Waals surface area contributed by atoms with E-state index >= 15 is 0 Å². The number of nitrogens with two attached hydrogens (primary N) is 1. The van der Waals surface area contributed by atoms with Gasteiger partial charge in [0.1, 0.15) is 5.82 Å². The first kappa shape index (κ1) is 15.6. The third kappa shape index (κ3) is 4.59. The van der Waals surface area contributed by atoms with E-state index in [2.05, 4.69) is 0 Å². The molecule has 0 fully saturated rings. The van der Waals surface area contributed by atoms with Crippen LogP contribution in [0.3, 0.4) is 0 Å². The normalized spacial score (nSPS) is 11.9. The molecule has 1 rings (SSSR count). The van der Waals surface area contributed by atoms with Gasteiger partial charge in [-0.15, -0.1) is 0 Å². The molecule has 1 aromatic carbocycles. The Balaban J connectivity index is 2.69. The monoisotopic (exact) mass is 282 g/mol. The Morgan fingerprint density at radius 3 is 2.63 bits per heavy atom. The van der Waals surface area contributed by atoms with Gasteiger partial charge in [-0.05, 0) is 18.6 Å². The van der Waals surface area contributed by atoms with Crippen LogP contribution in [0.1, 0.15) is 19.4 Å². The van der Waals surface area contributed by atoms with Crippen molar-refractivity contribution in [2.75, 3.05) is 13.1 Å². The third-order valence-corrected chi connectivity index (χ3v) is 3.42. The number of amides is 1. The molecule has 1 amide bonds. The summed E-state index contributed by atoms with van der Waals surface area (Å²) in [6.45, 7) is 4.78. The number of halogens is 1. The zero-order valence-electron chi connectivity index (χ0n) is 11.2. The lowest BCUT2D eigenvalue weighted by Crippen LogP contribution is -2.39. The Morgan fingerprint density at radius 2 is 2.11 bits per heavy atom. The maximum Gasteiger partial charge on any atom is 0.227 e. The fourth-order valence-electron chi connectivity index (χ4n) is 1.74. The summed E-state index contributed by atoms with van der Waals surface area (Å²) in [5.74, 6) is -0.510. The number of benzene rings is 1. The van der Waals surface area contributed by atoms with Crippen molar-refractivity contribution in [3.05, 3.63) is 35.6 Å². The first-order valence-corrected chi connectivity index (χ1v) is 6.67. The average Bonchev–Trinajstić information content (AvgIpc) is 2.38. The Hall–Kier alpha value is -1.49. The van der Waals surface area contributed by atoms with Crippen molar-refractivity contribution < 1.29 is 9.18 Å². The second kappa shape index (κ2) is 7.19. The number of nitrogens with zero attached hydrogens (tertiary/aromatic N) is 1. The van der Waals surface area contributed by atoms with E-state index < -0.39 is 0 Å². The van der Waals surface area contributed by atoms with Crippen molar-refractivity contribution in [3.63, 3.8) is 0 Å². The molecule has 0 heterocycles. The van der Waals surface area contributed by atoms with Gasteiger partial charge in [0.15, 0.2) is 0 Å². The van der Waals surface area contributed by atoms with Crippen LogP contribution < -0.4 is 5.73 Å². The SMILES string of the molecule is CCN(CC(C)C(N)=S)C(=O)Cc1ccccc1F. The van der Waals surface area contributed by atoms with E-state index in [9.17, 15) is 9.18 Å². The number of likely N-dealkylation sites (N-methyl/N-ethyl adjacent to an activating group) is 1. The van der Waals surface area contributed by atoms with E-state index in [1.165, 1.54) is 6.07 Å². The maximum absolute atomic E-state index is 13.5. The van der Waals surface area contributed by atoms with Crippen LogP contribution in [0.15, 0.2) is 24.3 Å². The van der Waals surface area contributed by atoms with Crippen molar-refractivity contribution in [3.8, 4) is 0 Å². The molecule has 0 saturated heterocycles. The molecule has 0 bridgehead atoms. The van der Waals surface area contributed by atoms with Gasteiger partial charge in [0.05, 0.1) is 11.4 Å². The van der Waals surface area contributed by atoms with E-state index in [0.29, 0.717) is 23.6 Å². The summed E-state index contributed by atoms with van der Waals surface area (Å²) in [5, 5.41) is 0. The second-order valence-electron chi connectivity index (χ2n) is 4.50. The van der Waals surface area contributed by atoms with Crippen LogP contribution in [0.2, 0.25) is 0 Å². The molecule has 1 atom stereocenters. The molecule has 0 aliphatic rings. The van der Waals surface area contributed by atoms with E-state index in [0.717, 1.165) is 0 Å². The fraction of sp³-hybridized carbons (Fsp3) is 0.429. The predicted octanol–water partition coefficient (Wildman–Crippen LogP) is 2.14. The van der Waals surface area contributed by atoms with Gasteiger partial charge in [0.2, 0.25) is 5.91 Å². The lowest BCUT2D eigenvalue weighted by Gasteiger charge is -2.24. The van der Waals surface area contributed by atoms with Gasteiger partial charge >= 0.3 is 0 Å². The minimum atomic E-state index is -0.353. The van der Waals surface area contributed by atoms with Crippen LogP contribution in [0.4, 0.5) is 4.39 Å². The number of carbonyl (C=O) groups is 1. The van der Waals surface area contributed by atoms with Crippen LogP contribution in [0.5, 0.6) is 0 Å². The van der Waals surface area contributed by atoms with Crippen molar-refractivity contribution in [2.24, 2.45) is 11.7 Å². The molecule has 1 aromatic rings. The van der Waals surface area contributed by atoms with Gasteiger partial charge in [-0.1, -0.05) is 37.3 Å². The fourth-order valence-corrected chi connectivity index (χ4v) is 1.82. The van der Waals surface area contributed by atoms with E-state index in [1.807, 2.05) is 13.8 Å². The minimum absolute atomic E-state index is 0.0421. The molecule has 104 valence electrons. The quantitative estimate of drug-likeness (QED) is 0.813. The van der Waals surface area contributed by atoms with E-state index in [4.69, 9.17) is 18.0 Å². The van der Waals surface area contributed by atoms with Crippen LogP contribution in [-0.4, -0.2) is 28.9 Å². The van der Waals surface area contributed by atoms with Gasteiger partial charge in [0, 0.05) is 19.0 Å². The Kier molecular flexibility index (Phi) is 5.89. The highest BCUT2D eigenvalue weighted by Crippen LogP contribution is 2.10. The molecular formula is C14H19FN2OS. The first-order chi connectivity index (χ1) is 8.95. The first-order valence-electron chi connectivity index (χ1n) is 6.26. The molecule has 2 N–H and O–H groups in total. The average molecular weight is 282 g/mol. The summed E-state index contributed by atoms with van der Waals surface area (Å²) < 4.78 is 13.5. The number of hydrogen-bond acceptors (Lipinski definition) is 2. The maximum atomic E-state index is 13.5. The molecule has 0 radical (unpaired) electrons. The summed E-state index contributed by atoms with van der Waals surface area (Å²) in [6.07, 6.45) is 0.0601. The molecule has 0 aromatic heterocycles. The molecule has 1 unspecified atom stereocenters. The second-order valence-corrected chi connectivity index (χ2v) is 4.98. The lowest BCUT2D eigenvalue weighted by atomic mass is 10.1. The van der Waals surface area contributed by atoms with Gasteiger partial charge in [-0.3, -0.25) is 4.79 Å². The zero-order valence-corrected chi connectivity index (χ0v) is 12.0. The lowest BCUT2D eigenvalue weighted by molar-refractivity contribution is -0.130. The molecular weight excluding hydrogens is 263 g/mol. The van der Waals surface area contributed by atoms with Crippen molar-refractivity contribution in [2.45, 2.75) is 20.3 Å². The highest BCUT2D eigenvalue weighted by atomic mass is 32.1. The zero-order chi connectivity index (χ0) is 14.4. The topological polar surface area (TPSA) is 46.3 Å². The molecule has 3 nitrogen and oxygen atoms in total. The summed E-state index contributed by atoms with van der Waals surface area (Å²) in [6, 6.07) is 6.31. The Labute approximate surface area is 118 Å². The number of hydrogen-bond donors (Lipinski definition) is 1. The number of carbonyl (C=O) groups excluding carboxylic acids is 1. The molecule has 0 saturated carbocycles. The highest BCUT2D eigenvalue weighted by Gasteiger charge is 2.17. The van der Waals surface area contributed by atoms with Crippen LogP contribution in [0, 0.1) is 11.7 Å². The molecule has 19 heavy (non-hydrogen) atoms. The number of thiocarbonyl (C=S) groups is 1. The molecule has 0 spiro atoms. The number of rotatable bonds is 6. The smallest absolute Gasteiger partial charge is 0.227 e. The summed E-state index contributed by atoms with van der Waals surface area (Å²) in [5.41, 5.74) is 5.96. The Morgan fingerprint density at radius 1 is 1.47 bits per heavy atom. The van der Waals surface area contributed by atoms with Crippen LogP contribution in [0.25, 0.3) is 0 Å². The van der Waals surface area contributed by atoms with Gasteiger partial charge in [-0.25, -0.2) is 4.39 Å². The molecule has 5 heteroatoms. The van der Waals surface area contributed by atoms with Crippen molar-refractivity contribution in [1.82, 2.24) is 4.90 Å². The van der Waals surface area contributed by atoms with E-state index in [-0.39, 0.29) is 24.1 Å². The third-order valence-electron chi connectivity index (χ3n) is 3.01. The predicted molar refractivity (Wildman–Crippen MR) is 78.3 cm³/mol. The van der Waals surface area contributed by atoms with Crippen molar-refractivity contribution in [1.29, 1.82) is 0 Å². The summed E-state index contributed by atoms with van der Waals surface area (Å²) in [7, 11) is 0. The molecule has 0 aliphatic heterocycles. The van der Waals surface area contributed by atoms with Gasteiger partial charge < -0.3 is 10.6 Å². The van der Waals surface area contributed by atoms with Gasteiger partial charge in [-0.2, -0.15) is 0 Å². The standard InChI is InChI=1S/C14H19FN2OS/c1-3-17(9-10(2)14(16)19)13(18)8-11-6-4-5-7-12(11)15/h4-7,10H,3,8-9H2,1-2H3,(H2,16,19). The highest BCUT2D eigenvalue weighted by molar-refractivity contribution is 7.80. The van der Waals surface area contributed by atoms with Crippen LogP contribution in [-0.2, 0) is 11.2 Å². The van der Waals surface area contributed by atoms with Crippen molar-refractivity contribution >= 4 is 23.1 Å². The van der Waals surface area contributed by atoms with Crippen LogP contribution >= 0.6 is 12.2 Å². The molecule has 0 aliphatic carbocycles.